The van der Waals surface area contributed by atoms with E-state index in [9.17, 15) is 14.4 Å². The molecule has 2 aromatic carbocycles. The normalized spacial score (nSPS) is 14.8. The number of nitrogens with zero attached hydrogens (tertiary/aromatic N) is 1. The van der Waals surface area contributed by atoms with Gasteiger partial charge in [0.15, 0.2) is 11.5 Å². The summed E-state index contributed by atoms with van der Waals surface area (Å²) < 4.78 is 18.0. The zero-order chi connectivity index (χ0) is 25.4. The summed E-state index contributed by atoms with van der Waals surface area (Å²) in [5.74, 6) is 0.318. The number of anilines is 1. The number of ether oxygens (including phenoxy) is 3. The lowest BCUT2D eigenvalue weighted by Gasteiger charge is -2.26. The van der Waals surface area contributed by atoms with E-state index < -0.39 is 17.8 Å². The van der Waals surface area contributed by atoms with Gasteiger partial charge < -0.3 is 14.2 Å². The number of halogens is 1. The van der Waals surface area contributed by atoms with Crippen LogP contribution in [0.5, 0.6) is 17.2 Å². The number of carbonyl (C=O) groups excluding carboxylic acids is 3. The number of rotatable bonds is 11. The highest BCUT2D eigenvalue weighted by Crippen LogP contribution is 2.35. The summed E-state index contributed by atoms with van der Waals surface area (Å²) in [4.78, 5) is 39.3. The number of unbranched alkanes of at least 4 members (excludes halogenated alkanes) is 1. The smallest absolute Gasteiger partial charge is 0.335 e. The molecule has 1 fully saturated rings. The van der Waals surface area contributed by atoms with Crippen LogP contribution in [0.1, 0.15) is 45.6 Å². The van der Waals surface area contributed by atoms with Crippen molar-refractivity contribution in [2.45, 2.75) is 40.0 Å². The van der Waals surface area contributed by atoms with E-state index in [0.29, 0.717) is 48.3 Å². The lowest BCUT2D eigenvalue weighted by atomic mass is 10.1. The van der Waals surface area contributed by atoms with Gasteiger partial charge in [0.05, 0.1) is 29.1 Å². The highest BCUT2D eigenvalue weighted by Gasteiger charge is 2.37. The molecular weight excluding hydrogens is 563 g/mol. The number of carbonyl (C=O) groups is 3. The van der Waals surface area contributed by atoms with Crippen molar-refractivity contribution in [1.82, 2.24) is 5.32 Å². The molecule has 3 rings (SSSR count). The Bertz CT molecular complexity index is 1110. The molecule has 0 atom stereocenters. The van der Waals surface area contributed by atoms with Crippen molar-refractivity contribution in [3.8, 4) is 17.2 Å². The van der Waals surface area contributed by atoms with Crippen molar-refractivity contribution in [1.29, 1.82) is 0 Å². The van der Waals surface area contributed by atoms with Gasteiger partial charge in [-0.3, -0.25) is 14.9 Å². The molecule has 0 unspecified atom stereocenters. The van der Waals surface area contributed by atoms with Gasteiger partial charge in [0.2, 0.25) is 0 Å². The van der Waals surface area contributed by atoms with E-state index in [1.165, 1.54) is 6.08 Å². The summed E-state index contributed by atoms with van der Waals surface area (Å²) in [6, 6.07) is 9.32. The van der Waals surface area contributed by atoms with Gasteiger partial charge in [0.1, 0.15) is 11.3 Å². The van der Waals surface area contributed by atoms with Crippen molar-refractivity contribution in [3.05, 3.63) is 51.1 Å². The summed E-state index contributed by atoms with van der Waals surface area (Å²) in [6.45, 7) is 7.51. The molecule has 9 heteroatoms. The third kappa shape index (κ3) is 6.53. The van der Waals surface area contributed by atoms with Crippen LogP contribution in [-0.4, -0.2) is 37.7 Å². The largest absolute Gasteiger partial charge is 0.494 e. The molecule has 0 aliphatic carbocycles. The second kappa shape index (κ2) is 12.6. The molecule has 2 aromatic rings. The minimum atomic E-state index is -0.801. The van der Waals surface area contributed by atoms with E-state index in [1.54, 1.807) is 36.4 Å². The minimum Gasteiger partial charge on any atom is -0.494 e. The molecule has 0 radical (unpaired) electrons. The summed E-state index contributed by atoms with van der Waals surface area (Å²) in [5, 5.41) is 2.25. The van der Waals surface area contributed by atoms with Gasteiger partial charge in [-0.25, -0.2) is 9.69 Å². The molecule has 186 valence electrons. The molecule has 1 aliphatic heterocycles. The van der Waals surface area contributed by atoms with E-state index in [1.807, 2.05) is 13.8 Å². The Labute approximate surface area is 218 Å². The maximum Gasteiger partial charge on any atom is 0.335 e. The Kier molecular flexibility index (Phi) is 9.53. The molecule has 1 aliphatic rings. The van der Waals surface area contributed by atoms with Gasteiger partial charge in [-0.2, -0.15) is 0 Å². The van der Waals surface area contributed by atoms with Gasteiger partial charge in [-0.15, -0.1) is 0 Å². The predicted octanol–water partition coefficient (Wildman–Crippen LogP) is 5.32. The first-order valence-electron chi connectivity index (χ1n) is 11.6. The molecule has 0 bridgehead atoms. The summed E-state index contributed by atoms with van der Waals surface area (Å²) in [6.07, 6.45) is 4.25. The van der Waals surface area contributed by atoms with Gasteiger partial charge >= 0.3 is 6.03 Å². The zero-order valence-corrected chi connectivity index (χ0v) is 22.2. The SMILES string of the molecule is CCCCOc1ccc(N2C(=O)NC(=O)/C(=C/c3cc(I)c(OCCC)c(OCC)c3)C2=O)cc1. The molecule has 0 saturated carbocycles. The van der Waals surface area contributed by atoms with Crippen molar-refractivity contribution < 1.29 is 28.6 Å². The fourth-order valence-electron chi connectivity index (χ4n) is 3.36. The van der Waals surface area contributed by atoms with Crippen LogP contribution in [0.4, 0.5) is 10.5 Å². The molecule has 1 heterocycles. The monoisotopic (exact) mass is 592 g/mol. The molecule has 0 spiro atoms. The Hall–Kier alpha value is -3.08. The zero-order valence-electron chi connectivity index (χ0n) is 20.1. The number of hydrogen-bond acceptors (Lipinski definition) is 6. The first-order valence-corrected chi connectivity index (χ1v) is 12.7. The van der Waals surface area contributed by atoms with E-state index in [0.717, 1.165) is 27.7 Å². The lowest BCUT2D eigenvalue weighted by molar-refractivity contribution is -0.122. The number of imide groups is 2. The maximum atomic E-state index is 13.2. The third-order valence-corrected chi connectivity index (χ3v) is 5.86. The first kappa shape index (κ1) is 26.5. The molecule has 35 heavy (non-hydrogen) atoms. The lowest BCUT2D eigenvalue weighted by Crippen LogP contribution is -2.54. The topological polar surface area (TPSA) is 94.2 Å². The number of hydrogen-bond donors (Lipinski definition) is 1. The highest BCUT2D eigenvalue weighted by molar-refractivity contribution is 14.1. The number of nitrogens with one attached hydrogen (secondary N) is 1. The number of benzene rings is 2. The van der Waals surface area contributed by atoms with Gasteiger partial charge in [0, 0.05) is 0 Å². The Morgan fingerprint density at radius 3 is 2.34 bits per heavy atom. The van der Waals surface area contributed by atoms with E-state index >= 15 is 0 Å². The summed E-state index contributed by atoms with van der Waals surface area (Å²) in [5.41, 5.74) is 0.754. The van der Waals surface area contributed by atoms with Crippen molar-refractivity contribution in [2.75, 3.05) is 24.7 Å². The molecule has 0 aromatic heterocycles. The summed E-state index contributed by atoms with van der Waals surface area (Å²) >= 11 is 2.13. The standard InChI is InChI=1S/C26H29IN2O6/c1-4-7-13-34-19-10-8-18(9-11-19)29-25(31)20(24(30)28-26(29)32)14-17-15-21(27)23(35-12-5-2)22(16-17)33-6-3/h8-11,14-16H,4-7,12-13H2,1-3H3,(H,28,30,32)/b20-14-. The van der Waals surface area contributed by atoms with Crippen LogP contribution >= 0.6 is 22.6 Å². The van der Waals surface area contributed by atoms with Crippen LogP contribution in [0.2, 0.25) is 0 Å². The van der Waals surface area contributed by atoms with Crippen molar-refractivity contribution >= 4 is 52.2 Å². The Morgan fingerprint density at radius 2 is 1.69 bits per heavy atom. The van der Waals surface area contributed by atoms with Crippen LogP contribution in [-0.2, 0) is 9.59 Å². The van der Waals surface area contributed by atoms with Crippen molar-refractivity contribution in [2.24, 2.45) is 0 Å². The molecule has 1 N–H and O–H groups in total. The second-order valence-corrected chi connectivity index (χ2v) is 8.93. The van der Waals surface area contributed by atoms with E-state index in [2.05, 4.69) is 34.8 Å². The van der Waals surface area contributed by atoms with Crippen molar-refractivity contribution in [3.63, 3.8) is 0 Å². The Balaban J connectivity index is 1.90. The average Bonchev–Trinajstić information content (AvgIpc) is 2.82. The highest BCUT2D eigenvalue weighted by atomic mass is 127. The van der Waals surface area contributed by atoms with Crippen LogP contribution in [0, 0.1) is 3.57 Å². The van der Waals surface area contributed by atoms with E-state index in [-0.39, 0.29) is 5.57 Å². The quantitative estimate of drug-likeness (QED) is 0.164. The fraction of sp³-hybridized carbons (Fsp3) is 0.346. The van der Waals surface area contributed by atoms with Crippen LogP contribution < -0.4 is 24.4 Å². The molecule has 1 saturated heterocycles. The van der Waals surface area contributed by atoms with Crippen LogP contribution in [0.3, 0.4) is 0 Å². The number of barbiturate groups is 1. The molecule has 8 nitrogen and oxygen atoms in total. The van der Waals surface area contributed by atoms with Gasteiger partial charge in [-0.05, 0) is 90.4 Å². The second-order valence-electron chi connectivity index (χ2n) is 7.77. The van der Waals surface area contributed by atoms with E-state index in [4.69, 9.17) is 14.2 Å². The third-order valence-electron chi connectivity index (χ3n) is 5.06. The van der Waals surface area contributed by atoms with Gasteiger partial charge in [0.25, 0.3) is 11.8 Å². The Morgan fingerprint density at radius 1 is 0.943 bits per heavy atom. The average molecular weight is 592 g/mol. The van der Waals surface area contributed by atoms with Gasteiger partial charge in [-0.1, -0.05) is 20.3 Å². The number of urea groups is 1. The minimum absolute atomic E-state index is 0.159. The first-order chi connectivity index (χ1) is 16.9. The van der Waals surface area contributed by atoms with Crippen LogP contribution in [0.15, 0.2) is 42.0 Å². The van der Waals surface area contributed by atoms with Crippen LogP contribution in [0.25, 0.3) is 6.08 Å². The number of amides is 4. The molecule has 4 amide bonds. The maximum absolute atomic E-state index is 13.2. The fourth-order valence-corrected chi connectivity index (χ4v) is 4.14. The summed E-state index contributed by atoms with van der Waals surface area (Å²) in [7, 11) is 0. The molecular formula is C26H29IN2O6. The predicted molar refractivity (Wildman–Crippen MR) is 142 cm³/mol.